The minimum atomic E-state index is -0.350. The molecule has 3 aromatic carbocycles. The molecule has 0 atom stereocenters. The number of nitrogens with two attached hydrogens (primary N) is 1. The van der Waals surface area contributed by atoms with E-state index in [4.69, 9.17) is 29.9 Å². The van der Waals surface area contributed by atoms with Crippen LogP contribution >= 0.6 is 0 Å². The molecule has 0 aliphatic carbocycles. The summed E-state index contributed by atoms with van der Waals surface area (Å²) in [7, 11) is 4.61. The van der Waals surface area contributed by atoms with Gasteiger partial charge in [-0.15, -0.1) is 0 Å². The summed E-state index contributed by atoms with van der Waals surface area (Å²) in [5, 5.41) is 2.96. The number of rotatable bonds is 7. The van der Waals surface area contributed by atoms with Gasteiger partial charge in [0.25, 0.3) is 5.91 Å². The van der Waals surface area contributed by atoms with E-state index in [1.54, 1.807) is 16.7 Å². The molecule has 0 radical (unpaired) electrons. The summed E-state index contributed by atoms with van der Waals surface area (Å²) in [4.78, 5) is 23.0. The molecule has 0 aliphatic rings. The molecule has 0 unspecified atom stereocenters. The molecule has 0 saturated carbocycles. The molecule has 1 amide bonds. The number of fused-ring (bicyclic) bond motifs is 2. The van der Waals surface area contributed by atoms with Crippen molar-refractivity contribution in [3.63, 3.8) is 0 Å². The maximum atomic E-state index is 13.4. The van der Waals surface area contributed by atoms with Gasteiger partial charge in [-0.3, -0.25) is 9.36 Å². The van der Waals surface area contributed by atoms with Gasteiger partial charge in [-0.1, -0.05) is 42.5 Å². The van der Waals surface area contributed by atoms with Crippen molar-refractivity contribution in [3.05, 3.63) is 77.9 Å². The molecule has 0 spiro atoms. The van der Waals surface area contributed by atoms with Crippen LogP contribution in [0.3, 0.4) is 0 Å². The number of anilines is 1. The molecule has 0 fully saturated rings. The van der Waals surface area contributed by atoms with Crippen molar-refractivity contribution in [2.45, 2.75) is 6.54 Å². The van der Waals surface area contributed by atoms with Crippen LogP contribution in [0.1, 0.15) is 15.9 Å². The first-order chi connectivity index (χ1) is 17.5. The van der Waals surface area contributed by atoms with E-state index in [0.717, 1.165) is 5.56 Å². The van der Waals surface area contributed by atoms with Crippen LogP contribution in [0.4, 0.5) is 5.82 Å². The largest absolute Gasteiger partial charge is 0.493 e. The van der Waals surface area contributed by atoms with E-state index in [-0.39, 0.29) is 17.3 Å². The van der Waals surface area contributed by atoms with Gasteiger partial charge in [0.05, 0.1) is 38.1 Å². The van der Waals surface area contributed by atoms with Crippen LogP contribution in [-0.4, -0.2) is 41.8 Å². The Kier molecular flexibility index (Phi) is 6.03. The second-order valence-electron chi connectivity index (χ2n) is 8.03. The van der Waals surface area contributed by atoms with Crippen molar-refractivity contribution in [2.75, 3.05) is 27.1 Å². The van der Waals surface area contributed by atoms with Gasteiger partial charge in [0, 0.05) is 18.7 Å². The summed E-state index contributed by atoms with van der Waals surface area (Å²) in [6, 6.07) is 20.6. The number of carbonyl (C=O) groups is 1. The van der Waals surface area contributed by atoms with Crippen molar-refractivity contribution < 1.29 is 19.0 Å². The summed E-state index contributed by atoms with van der Waals surface area (Å²) in [6.45, 7) is 0.344. The highest BCUT2D eigenvalue weighted by Crippen LogP contribution is 2.41. The van der Waals surface area contributed by atoms with Crippen LogP contribution < -0.4 is 25.3 Å². The standard InChI is InChI=1S/C27H25N5O4/c1-34-20-13-17(14-21(35-2)24(20)36-3)32-25(28)22(27(33)29-15-16-9-5-4-6-10-16)23-26(32)31-19-12-8-7-11-18(19)30-23/h4-14H,15,28H2,1-3H3,(H,29,33). The van der Waals surface area contributed by atoms with Crippen LogP contribution in [0.5, 0.6) is 17.2 Å². The number of nitrogens with one attached hydrogen (secondary N) is 1. The zero-order chi connectivity index (χ0) is 25.2. The first kappa shape index (κ1) is 23.0. The van der Waals surface area contributed by atoms with Crippen LogP contribution in [0.15, 0.2) is 66.7 Å². The normalized spacial score (nSPS) is 11.0. The Bertz CT molecular complexity index is 1560. The summed E-state index contributed by atoms with van der Waals surface area (Å²) < 4.78 is 18.2. The lowest BCUT2D eigenvalue weighted by Crippen LogP contribution is -2.24. The van der Waals surface area contributed by atoms with E-state index in [2.05, 4.69) is 5.32 Å². The number of carbonyl (C=O) groups excluding carboxylic acids is 1. The van der Waals surface area contributed by atoms with E-state index < -0.39 is 0 Å². The molecule has 2 heterocycles. The number of nitrogens with zero attached hydrogens (tertiary/aromatic N) is 3. The Morgan fingerprint density at radius 3 is 2.11 bits per heavy atom. The molecular formula is C27H25N5O4. The monoisotopic (exact) mass is 483 g/mol. The minimum absolute atomic E-state index is 0.195. The van der Waals surface area contributed by atoms with Gasteiger partial charge in [0.15, 0.2) is 17.1 Å². The number of methoxy groups -OCH3 is 3. The van der Waals surface area contributed by atoms with E-state index in [1.165, 1.54) is 21.3 Å². The number of hydrogen-bond acceptors (Lipinski definition) is 7. The average molecular weight is 484 g/mol. The molecular weight excluding hydrogens is 458 g/mol. The maximum absolute atomic E-state index is 13.4. The molecule has 5 rings (SSSR count). The lowest BCUT2D eigenvalue weighted by Gasteiger charge is -2.16. The summed E-state index contributed by atoms with van der Waals surface area (Å²) in [6.07, 6.45) is 0. The van der Waals surface area contributed by atoms with Crippen molar-refractivity contribution in [3.8, 4) is 22.9 Å². The highest BCUT2D eigenvalue weighted by molar-refractivity contribution is 6.11. The SMILES string of the molecule is COc1cc(-n2c(N)c(C(=O)NCc3ccccc3)c3nc4ccccc4nc32)cc(OC)c1OC. The number of aromatic nitrogens is 3. The molecule has 9 nitrogen and oxygen atoms in total. The number of nitrogen functional groups attached to an aromatic ring is 1. The Balaban J connectivity index is 1.72. The van der Waals surface area contributed by atoms with Crippen molar-refractivity contribution >= 4 is 33.9 Å². The second-order valence-corrected chi connectivity index (χ2v) is 8.03. The Morgan fingerprint density at radius 2 is 1.50 bits per heavy atom. The highest BCUT2D eigenvalue weighted by Gasteiger charge is 2.26. The highest BCUT2D eigenvalue weighted by atomic mass is 16.5. The fraction of sp³-hybridized carbons (Fsp3) is 0.148. The molecule has 9 heteroatoms. The van der Waals surface area contributed by atoms with Crippen molar-refractivity contribution in [1.29, 1.82) is 0 Å². The number of amides is 1. The Morgan fingerprint density at radius 1 is 0.889 bits per heavy atom. The summed E-state index contributed by atoms with van der Waals surface area (Å²) in [5.41, 5.74) is 10.6. The lowest BCUT2D eigenvalue weighted by atomic mass is 10.2. The molecule has 182 valence electrons. The smallest absolute Gasteiger partial charge is 0.257 e. The van der Waals surface area contributed by atoms with Crippen molar-refractivity contribution in [1.82, 2.24) is 19.9 Å². The molecule has 0 bridgehead atoms. The average Bonchev–Trinajstić information content (AvgIpc) is 3.20. The third-order valence-electron chi connectivity index (χ3n) is 5.93. The second kappa shape index (κ2) is 9.46. The van der Waals surface area contributed by atoms with E-state index in [1.807, 2.05) is 54.6 Å². The van der Waals surface area contributed by atoms with Crippen LogP contribution in [-0.2, 0) is 6.54 Å². The number of benzene rings is 3. The third-order valence-corrected chi connectivity index (χ3v) is 5.93. The maximum Gasteiger partial charge on any atom is 0.257 e. The van der Waals surface area contributed by atoms with Gasteiger partial charge < -0.3 is 25.3 Å². The minimum Gasteiger partial charge on any atom is -0.493 e. The van der Waals surface area contributed by atoms with E-state index >= 15 is 0 Å². The quantitative estimate of drug-likeness (QED) is 0.358. The number of para-hydroxylation sites is 2. The molecule has 0 saturated heterocycles. The predicted molar refractivity (Wildman–Crippen MR) is 138 cm³/mol. The lowest BCUT2D eigenvalue weighted by molar-refractivity contribution is 0.0953. The van der Waals surface area contributed by atoms with Gasteiger partial charge >= 0.3 is 0 Å². The van der Waals surface area contributed by atoms with Gasteiger partial charge in [0.2, 0.25) is 5.75 Å². The summed E-state index contributed by atoms with van der Waals surface area (Å²) >= 11 is 0. The topological polar surface area (TPSA) is 114 Å². The first-order valence-corrected chi connectivity index (χ1v) is 11.2. The van der Waals surface area contributed by atoms with Gasteiger partial charge in [-0.05, 0) is 17.7 Å². The van der Waals surface area contributed by atoms with Crippen LogP contribution in [0, 0.1) is 0 Å². The molecule has 5 aromatic rings. The number of hydrogen-bond donors (Lipinski definition) is 2. The predicted octanol–water partition coefficient (Wildman–Crippen LogP) is 4.11. The van der Waals surface area contributed by atoms with E-state index in [0.29, 0.717) is 51.7 Å². The molecule has 3 N–H and O–H groups in total. The van der Waals surface area contributed by atoms with Crippen molar-refractivity contribution in [2.24, 2.45) is 0 Å². The molecule has 2 aromatic heterocycles. The third kappa shape index (κ3) is 3.90. The van der Waals surface area contributed by atoms with E-state index in [9.17, 15) is 4.79 Å². The Hall–Kier alpha value is -4.79. The van der Waals surface area contributed by atoms with Crippen LogP contribution in [0.2, 0.25) is 0 Å². The van der Waals surface area contributed by atoms with Gasteiger partial charge in [0.1, 0.15) is 16.9 Å². The van der Waals surface area contributed by atoms with Gasteiger partial charge in [-0.25, -0.2) is 9.97 Å². The molecule has 36 heavy (non-hydrogen) atoms. The fourth-order valence-corrected chi connectivity index (χ4v) is 4.21. The number of ether oxygens (including phenoxy) is 3. The first-order valence-electron chi connectivity index (χ1n) is 11.2. The van der Waals surface area contributed by atoms with Gasteiger partial charge in [-0.2, -0.15) is 0 Å². The van der Waals surface area contributed by atoms with Crippen LogP contribution in [0.25, 0.3) is 27.9 Å². The zero-order valence-corrected chi connectivity index (χ0v) is 20.1. The zero-order valence-electron chi connectivity index (χ0n) is 20.1. The molecule has 0 aliphatic heterocycles. The summed E-state index contributed by atoms with van der Waals surface area (Å²) in [5.74, 6) is 1.17. The fourth-order valence-electron chi connectivity index (χ4n) is 4.21. The Labute approximate surface area is 207 Å².